The smallest absolute Gasteiger partial charge is 0.283 e. The molecule has 0 radical (unpaired) electrons. The predicted molar refractivity (Wildman–Crippen MR) is 142 cm³/mol. The van der Waals surface area contributed by atoms with Crippen molar-refractivity contribution in [2.24, 2.45) is 16.0 Å². The minimum Gasteiger partial charge on any atom is -0.497 e. The molecular formula is C24H27N5O5S2. The number of carbonyl (C=O) groups is 1. The molecule has 0 atom stereocenters. The standard InChI is InChI=1S/C24H27N5O5S2/c1-13(2)12-36(31,32)24-27-29-21(25)18(22(30)26-23(29)35-24)10-16-9-14(3)28(15(16)4)19-11-17(33-5)7-8-20(19)34-6/h7-11,13,25H,12H2,1-6H3/b18-10+,25-21?. The fourth-order valence-corrected chi connectivity index (χ4v) is 6.83. The first kappa shape index (κ1) is 25.7. The van der Waals surface area contributed by atoms with E-state index in [0.29, 0.717) is 17.1 Å². The molecule has 12 heteroatoms. The first-order valence-electron chi connectivity index (χ1n) is 11.1. The van der Waals surface area contributed by atoms with E-state index >= 15 is 0 Å². The Morgan fingerprint density at radius 3 is 2.53 bits per heavy atom. The van der Waals surface area contributed by atoms with Crippen molar-refractivity contribution >= 4 is 49.0 Å². The Hall–Kier alpha value is -3.38. The molecule has 2 aliphatic heterocycles. The number of aliphatic imine (C=N–C) groups is 1. The molecule has 10 nitrogen and oxygen atoms in total. The number of carbonyl (C=O) groups excluding carboxylic acids is 1. The Morgan fingerprint density at radius 2 is 1.89 bits per heavy atom. The van der Waals surface area contributed by atoms with E-state index in [0.717, 1.165) is 33.8 Å². The number of benzene rings is 1. The molecule has 4 rings (SSSR count). The number of amidine groups is 2. The first-order valence-corrected chi connectivity index (χ1v) is 13.6. The van der Waals surface area contributed by atoms with Gasteiger partial charge in [0.15, 0.2) is 5.84 Å². The number of amides is 1. The number of hydrogen-bond acceptors (Lipinski definition) is 8. The molecule has 1 aromatic heterocycles. The van der Waals surface area contributed by atoms with Crippen LogP contribution in [0, 0.1) is 25.2 Å². The van der Waals surface area contributed by atoms with Gasteiger partial charge >= 0.3 is 0 Å². The lowest BCUT2D eigenvalue weighted by Crippen LogP contribution is -2.35. The van der Waals surface area contributed by atoms with Gasteiger partial charge in [0.2, 0.25) is 19.4 Å². The molecule has 0 fully saturated rings. The molecule has 0 bridgehead atoms. The second kappa shape index (κ2) is 9.58. The third-order valence-electron chi connectivity index (χ3n) is 5.65. The number of aryl methyl sites for hydroxylation is 1. The lowest BCUT2D eigenvalue weighted by molar-refractivity contribution is -0.114. The van der Waals surface area contributed by atoms with E-state index in [2.05, 4.69) is 10.1 Å². The summed E-state index contributed by atoms with van der Waals surface area (Å²) in [7, 11) is -0.474. The summed E-state index contributed by atoms with van der Waals surface area (Å²) in [5, 5.41) is 13.9. The van der Waals surface area contributed by atoms with E-state index < -0.39 is 15.7 Å². The lowest BCUT2D eigenvalue weighted by atomic mass is 10.1. The van der Waals surface area contributed by atoms with Crippen LogP contribution in [0.15, 0.2) is 39.9 Å². The fraction of sp³-hybridized carbons (Fsp3) is 0.333. The van der Waals surface area contributed by atoms with Crippen molar-refractivity contribution < 1.29 is 22.7 Å². The number of methoxy groups -OCH3 is 2. The maximum Gasteiger partial charge on any atom is 0.283 e. The number of hydrogen-bond donors (Lipinski definition) is 1. The van der Waals surface area contributed by atoms with Crippen LogP contribution >= 0.6 is 11.8 Å². The van der Waals surface area contributed by atoms with Crippen LogP contribution < -0.4 is 9.47 Å². The van der Waals surface area contributed by atoms with Crippen LogP contribution in [0.3, 0.4) is 0 Å². The summed E-state index contributed by atoms with van der Waals surface area (Å²) >= 11 is 0.793. The second-order valence-corrected chi connectivity index (χ2v) is 11.9. The zero-order chi connectivity index (χ0) is 26.4. The van der Waals surface area contributed by atoms with Gasteiger partial charge in [-0.05, 0) is 61.4 Å². The highest BCUT2D eigenvalue weighted by Gasteiger charge is 2.40. The van der Waals surface area contributed by atoms with E-state index in [9.17, 15) is 13.2 Å². The Morgan fingerprint density at radius 1 is 1.17 bits per heavy atom. The summed E-state index contributed by atoms with van der Waals surface area (Å²) in [5.74, 6) is 0.288. The summed E-state index contributed by atoms with van der Waals surface area (Å²) in [6, 6.07) is 7.37. The molecule has 0 unspecified atom stereocenters. The maximum atomic E-state index is 12.9. The summed E-state index contributed by atoms with van der Waals surface area (Å²) in [5.41, 5.74) is 3.17. The number of hydrazone groups is 1. The van der Waals surface area contributed by atoms with Crippen LogP contribution in [-0.2, 0) is 14.6 Å². The number of rotatable bonds is 6. The largest absolute Gasteiger partial charge is 0.497 e. The summed E-state index contributed by atoms with van der Waals surface area (Å²) < 4.78 is 38.0. The van der Waals surface area contributed by atoms with E-state index in [1.165, 1.54) is 0 Å². The van der Waals surface area contributed by atoms with Gasteiger partial charge in [-0.3, -0.25) is 10.2 Å². The Kier molecular flexibility index (Phi) is 6.84. The van der Waals surface area contributed by atoms with Gasteiger partial charge in [-0.1, -0.05) is 13.8 Å². The topological polar surface area (TPSA) is 126 Å². The van der Waals surface area contributed by atoms with Crippen LogP contribution in [0.4, 0.5) is 0 Å². The second-order valence-electron chi connectivity index (χ2n) is 8.76. The van der Waals surface area contributed by atoms with Crippen LogP contribution in [0.5, 0.6) is 11.5 Å². The quantitative estimate of drug-likeness (QED) is 0.565. The van der Waals surface area contributed by atoms with Crippen molar-refractivity contribution in [3.63, 3.8) is 0 Å². The molecular weight excluding hydrogens is 502 g/mol. The van der Waals surface area contributed by atoms with Crippen LogP contribution in [0.25, 0.3) is 11.8 Å². The van der Waals surface area contributed by atoms with Gasteiger partial charge in [0.05, 0.1) is 31.2 Å². The van der Waals surface area contributed by atoms with Gasteiger partial charge in [0.25, 0.3) is 5.91 Å². The molecule has 0 saturated heterocycles. The zero-order valence-electron chi connectivity index (χ0n) is 20.8. The Balaban J connectivity index is 1.74. The fourth-order valence-electron chi connectivity index (χ4n) is 4.04. The minimum absolute atomic E-state index is 0.0171. The maximum absolute atomic E-state index is 12.9. The average molecular weight is 530 g/mol. The SMILES string of the molecule is COc1ccc(OC)c(-n2c(C)cc(/C=C3\C(=N)N4N=C(S(=O)(=O)CC(C)C)SC4=NC3=O)c2C)c1. The van der Waals surface area contributed by atoms with Crippen LogP contribution in [-0.4, -0.2) is 59.3 Å². The monoisotopic (exact) mass is 529 g/mol. The average Bonchev–Trinajstić information content (AvgIpc) is 3.36. The van der Waals surface area contributed by atoms with Crippen molar-refractivity contribution in [3.05, 3.63) is 46.8 Å². The van der Waals surface area contributed by atoms with Crippen molar-refractivity contribution in [3.8, 4) is 17.2 Å². The first-order chi connectivity index (χ1) is 17.0. The summed E-state index contributed by atoms with van der Waals surface area (Å²) in [4.78, 5) is 16.9. The van der Waals surface area contributed by atoms with Gasteiger partial charge in [0, 0.05) is 17.5 Å². The third-order valence-corrected chi connectivity index (χ3v) is 9.09. The number of aromatic nitrogens is 1. The van der Waals surface area contributed by atoms with Crippen molar-refractivity contribution in [1.82, 2.24) is 9.58 Å². The minimum atomic E-state index is -3.65. The molecule has 1 aromatic carbocycles. The van der Waals surface area contributed by atoms with Crippen molar-refractivity contribution in [2.75, 3.05) is 20.0 Å². The molecule has 0 aliphatic carbocycles. The number of nitrogens with one attached hydrogen (secondary N) is 1. The molecule has 190 valence electrons. The third kappa shape index (κ3) is 4.58. The molecule has 0 saturated carbocycles. The number of thioether (sulfide) groups is 1. The number of sulfone groups is 1. The lowest BCUT2D eigenvalue weighted by Gasteiger charge is -2.20. The van der Waals surface area contributed by atoms with Gasteiger partial charge in [-0.25, -0.2) is 8.42 Å². The van der Waals surface area contributed by atoms with E-state index in [1.54, 1.807) is 40.2 Å². The van der Waals surface area contributed by atoms with Crippen molar-refractivity contribution in [1.29, 1.82) is 5.41 Å². The van der Waals surface area contributed by atoms with Gasteiger partial charge in [-0.15, -0.1) is 5.10 Å². The van der Waals surface area contributed by atoms with Crippen LogP contribution in [0.2, 0.25) is 0 Å². The highest BCUT2D eigenvalue weighted by molar-refractivity contribution is 8.42. The van der Waals surface area contributed by atoms with E-state index in [4.69, 9.17) is 14.9 Å². The van der Waals surface area contributed by atoms with E-state index in [1.807, 2.05) is 36.6 Å². The molecule has 2 aliphatic rings. The molecule has 1 N–H and O–H groups in total. The number of fused-ring (bicyclic) bond motifs is 1. The van der Waals surface area contributed by atoms with Gasteiger partial charge in [0.1, 0.15) is 11.5 Å². The number of nitrogens with zero attached hydrogens (tertiary/aromatic N) is 4. The molecule has 3 heterocycles. The molecule has 36 heavy (non-hydrogen) atoms. The van der Waals surface area contributed by atoms with Crippen molar-refractivity contribution in [2.45, 2.75) is 27.7 Å². The van der Waals surface area contributed by atoms with Gasteiger partial charge < -0.3 is 14.0 Å². The summed E-state index contributed by atoms with van der Waals surface area (Å²) in [6.45, 7) is 7.41. The van der Waals surface area contributed by atoms with E-state index in [-0.39, 0.29) is 32.6 Å². The van der Waals surface area contributed by atoms with Gasteiger partial charge in [-0.2, -0.15) is 10.0 Å². The Labute approximate surface area is 214 Å². The molecule has 1 amide bonds. The van der Waals surface area contributed by atoms with Crippen LogP contribution in [0.1, 0.15) is 30.8 Å². The number of ether oxygens (including phenoxy) is 2. The normalized spacial score (nSPS) is 17.0. The summed E-state index contributed by atoms with van der Waals surface area (Å²) in [6.07, 6.45) is 1.58. The Bertz CT molecular complexity index is 1470. The zero-order valence-corrected chi connectivity index (χ0v) is 22.5. The highest BCUT2D eigenvalue weighted by Crippen LogP contribution is 2.34. The molecule has 0 spiro atoms. The molecule has 2 aromatic rings. The predicted octanol–water partition coefficient (Wildman–Crippen LogP) is 3.76. The highest BCUT2D eigenvalue weighted by atomic mass is 32.3.